The third-order valence-corrected chi connectivity index (χ3v) is 7.07. The standard InChI is InChI=1S/C29H40N6O5/c30-15-5-4-9-23(27(38)34-24(26(32)37)18-19-7-2-1-3-8-19)33-28(39)25-10-6-16-35(25)29(40)22(31)17-20-11-13-21(36)14-12-20/h1-3,7-8,11-14,22-25,36H,4-6,9-10,15-18,30-31H2,(H2,32,37)(H,33,39)(H,34,38)/t22-,23-,24-,25-/m0/s1. The van der Waals surface area contributed by atoms with E-state index in [1.54, 1.807) is 12.1 Å². The molecule has 1 aliphatic rings. The van der Waals surface area contributed by atoms with Crippen molar-refractivity contribution in [3.05, 3.63) is 65.7 Å². The summed E-state index contributed by atoms with van der Waals surface area (Å²) in [4.78, 5) is 53.4. The Morgan fingerprint density at radius 1 is 0.925 bits per heavy atom. The molecule has 11 heteroatoms. The zero-order valence-corrected chi connectivity index (χ0v) is 22.6. The van der Waals surface area contributed by atoms with Crippen LogP contribution in [-0.4, -0.2) is 70.9 Å². The van der Waals surface area contributed by atoms with Gasteiger partial charge in [0, 0.05) is 13.0 Å². The highest BCUT2D eigenvalue weighted by Crippen LogP contribution is 2.20. The molecular weight excluding hydrogens is 512 g/mol. The Balaban J connectivity index is 1.66. The van der Waals surface area contributed by atoms with Gasteiger partial charge >= 0.3 is 0 Å². The molecule has 0 saturated carbocycles. The van der Waals surface area contributed by atoms with Crippen LogP contribution in [0.1, 0.15) is 43.2 Å². The minimum Gasteiger partial charge on any atom is -0.508 e. The molecule has 11 nitrogen and oxygen atoms in total. The van der Waals surface area contributed by atoms with Crippen molar-refractivity contribution in [3.63, 3.8) is 0 Å². The lowest BCUT2D eigenvalue weighted by Gasteiger charge is -2.29. The van der Waals surface area contributed by atoms with Gasteiger partial charge in [-0.05, 0) is 68.3 Å². The molecule has 0 spiro atoms. The van der Waals surface area contributed by atoms with Gasteiger partial charge in [0.15, 0.2) is 0 Å². The SMILES string of the molecule is NCCCC[C@H](NC(=O)[C@@H]1CCCN1C(=O)[C@@H](N)Cc1ccc(O)cc1)C(=O)N[C@@H](Cc1ccccc1)C(N)=O. The molecule has 1 aliphatic heterocycles. The van der Waals surface area contributed by atoms with E-state index in [-0.39, 0.29) is 24.5 Å². The summed E-state index contributed by atoms with van der Waals surface area (Å²) in [6.45, 7) is 0.815. The third-order valence-electron chi connectivity index (χ3n) is 7.07. The van der Waals surface area contributed by atoms with Gasteiger partial charge in [-0.25, -0.2) is 0 Å². The van der Waals surface area contributed by atoms with Crippen LogP contribution in [0.4, 0.5) is 0 Å². The van der Waals surface area contributed by atoms with Crippen molar-refractivity contribution in [2.75, 3.05) is 13.1 Å². The number of aromatic hydroxyl groups is 1. The molecule has 3 rings (SSSR count). The number of primary amides is 1. The second-order valence-electron chi connectivity index (χ2n) is 10.2. The van der Waals surface area contributed by atoms with Gasteiger partial charge in [0.25, 0.3) is 0 Å². The second kappa shape index (κ2) is 15.0. The number of hydrogen-bond acceptors (Lipinski definition) is 7. The predicted molar refractivity (Wildman–Crippen MR) is 151 cm³/mol. The Bertz CT molecular complexity index is 1140. The van der Waals surface area contributed by atoms with Gasteiger partial charge in [0.05, 0.1) is 6.04 Å². The largest absolute Gasteiger partial charge is 0.508 e. The number of rotatable bonds is 14. The maximum Gasteiger partial charge on any atom is 0.243 e. The number of likely N-dealkylation sites (tertiary alicyclic amines) is 1. The molecule has 0 unspecified atom stereocenters. The van der Waals surface area contributed by atoms with Gasteiger partial charge in [-0.2, -0.15) is 0 Å². The van der Waals surface area contributed by atoms with E-state index in [1.807, 2.05) is 30.3 Å². The van der Waals surface area contributed by atoms with E-state index in [1.165, 1.54) is 17.0 Å². The minimum atomic E-state index is -0.953. The average molecular weight is 553 g/mol. The summed E-state index contributed by atoms with van der Waals surface area (Å²) in [5, 5.41) is 15.0. The van der Waals surface area contributed by atoms with E-state index < -0.39 is 41.9 Å². The number of nitrogens with one attached hydrogen (secondary N) is 2. The summed E-state index contributed by atoms with van der Waals surface area (Å²) >= 11 is 0. The van der Waals surface area contributed by atoms with Crippen molar-refractivity contribution < 1.29 is 24.3 Å². The second-order valence-corrected chi connectivity index (χ2v) is 10.2. The molecule has 0 aromatic heterocycles. The number of hydrogen-bond donors (Lipinski definition) is 6. The van der Waals surface area contributed by atoms with Crippen molar-refractivity contribution in [1.29, 1.82) is 0 Å². The Morgan fingerprint density at radius 2 is 1.60 bits per heavy atom. The highest BCUT2D eigenvalue weighted by molar-refractivity contribution is 5.95. The lowest BCUT2D eigenvalue weighted by molar-refractivity contribution is -0.140. The first-order valence-corrected chi connectivity index (χ1v) is 13.7. The highest BCUT2D eigenvalue weighted by Gasteiger charge is 2.37. The number of phenols is 1. The van der Waals surface area contributed by atoms with Crippen molar-refractivity contribution in [3.8, 4) is 5.75 Å². The molecule has 4 amide bonds. The molecule has 40 heavy (non-hydrogen) atoms. The number of benzene rings is 2. The maximum absolute atomic E-state index is 13.4. The first kappa shape index (κ1) is 30.6. The van der Waals surface area contributed by atoms with Gasteiger partial charge in [-0.3, -0.25) is 19.2 Å². The number of unbranched alkanes of at least 4 members (excludes halogenated alkanes) is 1. The van der Waals surface area contributed by atoms with Crippen LogP contribution in [0.5, 0.6) is 5.75 Å². The van der Waals surface area contributed by atoms with Gasteiger partial charge in [-0.1, -0.05) is 42.5 Å². The molecule has 4 atom stereocenters. The molecule has 0 bridgehead atoms. The molecule has 1 fully saturated rings. The Labute approximate surface area is 234 Å². The van der Waals surface area contributed by atoms with E-state index in [0.29, 0.717) is 45.2 Å². The fourth-order valence-corrected chi connectivity index (χ4v) is 4.86. The smallest absolute Gasteiger partial charge is 0.243 e. The van der Waals surface area contributed by atoms with Crippen LogP contribution in [-0.2, 0) is 32.0 Å². The Kier molecular flexibility index (Phi) is 11.5. The lowest BCUT2D eigenvalue weighted by atomic mass is 10.0. The Hall–Kier alpha value is -3.96. The summed E-state index contributed by atoms with van der Waals surface area (Å²) in [5.41, 5.74) is 19.0. The van der Waals surface area contributed by atoms with Crippen molar-refractivity contribution in [2.24, 2.45) is 17.2 Å². The maximum atomic E-state index is 13.4. The first-order chi connectivity index (χ1) is 19.2. The normalized spacial score (nSPS) is 17.1. The van der Waals surface area contributed by atoms with E-state index in [0.717, 1.165) is 11.1 Å². The van der Waals surface area contributed by atoms with Crippen molar-refractivity contribution >= 4 is 23.6 Å². The van der Waals surface area contributed by atoms with Crippen molar-refractivity contribution in [1.82, 2.24) is 15.5 Å². The number of carbonyl (C=O) groups excluding carboxylic acids is 4. The molecule has 1 saturated heterocycles. The van der Waals surface area contributed by atoms with E-state index in [2.05, 4.69) is 10.6 Å². The fourth-order valence-electron chi connectivity index (χ4n) is 4.86. The average Bonchev–Trinajstić information content (AvgIpc) is 3.43. The summed E-state index contributed by atoms with van der Waals surface area (Å²) in [6.07, 6.45) is 3.09. The molecule has 2 aromatic rings. The van der Waals surface area contributed by atoms with Gasteiger partial charge in [-0.15, -0.1) is 0 Å². The topological polar surface area (TPSA) is 194 Å². The Morgan fingerprint density at radius 3 is 2.25 bits per heavy atom. The molecule has 0 radical (unpaired) electrons. The molecule has 1 heterocycles. The van der Waals surface area contributed by atoms with Crippen LogP contribution in [0.25, 0.3) is 0 Å². The minimum absolute atomic E-state index is 0.118. The number of phenolic OH excluding ortho intramolecular Hbond substituents is 1. The fraction of sp³-hybridized carbons (Fsp3) is 0.448. The van der Waals surface area contributed by atoms with E-state index >= 15 is 0 Å². The summed E-state index contributed by atoms with van der Waals surface area (Å²) < 4.78 is 0. The van der Waals surface area contributed by atoms with E-state index in [9.17, 15) is 24.3 Å². The van der Waals surface area contributed by atoms with Gasteiger partial charge < -0.3 is 37.8 Å². The molecular formula is C29H40N6O5. The van der Waals surface area contributed by atoms with Gasteiger partial charge in [0.1, 0.15) is 23.9 Å². The van der Waals surface area contributed by atoms with Gasteiger partial charge in [0.2, 0.25) is 23.6 Å². The molecule has 0 aliphatic carbocycles. The van der Waals surface area contributed by atoms with E-state index in [4.69, 9.17) is 17.2 Å². The summed E-state index contributed by atoms with van der Waals surface area (Å²) in [7, 11) is 0. The van der Waals surface area contributed by atoms with Crippen LogP contribution >= 0.6 is 0 Å². The lowest BCUT2D eigenvalue weighted by Crippen LogP contribution is -2.57. The predicted octanol–water partition coefficient (Wildman–Crippen LogP) is 0.0796. The van der Waals surface area contributed by atoms with Crippen molar-refractivity contribution in [2.45, 2.75) is 69.1 Å². The zero-order chi connectivity index (χ0) is 29.1. The molecule has 9 N–H and O–H groups in total. The summed E-state index contributed by atoms with van der Waals surface area (Å²) in [6, 6.07) is 12.1. The van der Waals surface area contributed by atoms with Crippen LogP contribution in [0.15, 0.2) is 54.6 Å². The highest BCUT2D eigenvalue weighted by atomic mass is 16.3. The molecule has 216 valence electrons. The van der Waals surface area contributed by atoms with Crippen LogP contribution in [0.3, 0.4) is 0 Å². The van der Waals surface area contributed by atoms with Crippen LogP contribution < -0.4 is 27.8 Å². The van der Waals surface area contributed by atoms with Crippen LogP contribution in [0, 0.1) is 0 Å². The number of nitrogens with two attached hydrogens (primary N) is 3. The number of carbonyl (C=O) groups is 4. The quantitative estimate of drug-likeness (QED) is 0.179. The zero-order valence-electron chi connectivity index (χ0n) is 22.6. The summed E-state index contributed by atoms with van der Waals surface area (Å²) in [5.74, 6) is -1.89. The number of nitrogens with zero attached hydrogens (tertiary/aromatic N) is 1. The third kappa shape index (κ3) is 8.78. The van der Waals surface area contributed by atoms with Crippen LogP contribution in [0.2, 0.25) is 0 Å². The monoisotopic (exact) mass is 552 g/mol. The number of amides is 4. The molecule has 2 aromatic carbocycles. The first-order valence-electron chi connectivity index (χ1n) is 13.7.